The number of nitro benzene ring substituents is 1. The van der Waals surface area contributed by atoms with Gasteiger partial charge in [-0.25, -0.2) is 4.98 Å². The average molecular weight is 378 g/mol. The Bertz CT molecular complexity index is 867. The van der Waals surface area contributed by atoms with E-state index < -0.39 is 10.8 Å². The molecule has 0 aliphatic carbocycles. The number of methoxy groups -OCH3 is 1. The molecule has 2 atom stereocenters. The molecular weight excluding hydrogens is 360 g/mol. The Morgan fingerprint density at radius 2 is 2.35 bits per heavy atom. The second-order valence-electron chi connectivity index (χ2n) is 6.17. The van der Waals surface area contributed by atoms with E-state index in [0.717, 1.165) is 0 Å². The van der Waals surface area contributed by atoms with Crippen molar-refractivity contribution in [2.24, 2.45) is 5.92 Å². The summed E-state index contributed by atoms with van der Waals surface area (Å²) >= 11 is 1.17. The van der Waals surface area contributed by atoms with Crippen molar-refractivity contribution in [2.75, 3.05) is 25.6 Å². The number of anilines is 1. The number of nitro groups is 1. The third-order valence-corrected chi connectivity index (χ3v) is 5.22. The predicted octanol–water partition coefficient (Wildman–Crippen LogP) is 2.03. The first-order chi connectivity index (χ1) is 12.4. The predicted molar refractivity (Wildman–Crippen MR) is 96.1 cm³/mol. The molecule has 0 bridgehead atoms. The molecule has 0 saturated carbocycles. The van der Waals surface area contributed by atoms with E-state index in [2.05, 4.69) is 10.3 Å². The van der Waals surface area contributed by atoms with Gasteiger partial charge in [-0.3, -0.25) is 19.7 Å². The van der Waals surface area contributed by atoms with Gasteiger partial charge in [0.1, 0.15) is 0 Å². The molecule has 1 fully saturated rings. The lowest BCUT2D eigenvalue weighted by atomic mass is 10.1. The molecule has 3 rings (SSSR count). The minimum atomic E-state index is -0.475. The number of carbonyl (C=O) groups excluding carboxylic acids is 2. The SMILES string of the molecule is COC[C@H](C)N1C[C@@H](C(=O)Nc2nc3ccc([N+](=O)[O-])cc3s2)CC1=O. The quantitative estimate of drug-likeness (QED) is 0.607. The van der Waals surface area contributed by atoms with Gasteiger partial charge in [0.05, 0.1) is 33.7 Å². The first-order valence-electron chi connectivity index (χ1n) is 8.03. The van der Waals surface area contributed by atoms with Crippen molar-refractivity contribution in [3.63, 3.8) is 0 Å². The van der Waals surface area contributed by atoms with Gasteiger partial charge in [-0.15, -0.1) is 0 Å². The number of carbonyl (C=O) groups is 2. The third kappa shape index (κ3) is 3.65. The molecule has 1 aliphatic rings. The molecule has 1 N–H and O–H groups in total. The van der Waals surface area contributed by atoms with Gasteiger partial charge in [0.15, 0.2) is 5.13 Å². The number of ether oxygens (including phenoxy) is 1. The molecular formula is C16H18N4O5S. The number of benzene rings is 1. The second-order valence-corrected chi connectivity index (χ2v) is 7.20. The average Bonchev–Trinajstić information content (AvgIpc) is 3.17. The van der Waals surface area contributed by atoms with E-state index in [1.54, 1.807) is 18.1 Å². The van der Waals surface area contributed by atoms with E-state index in [4.69, 9.17) is 4.74 Å². The number of likely N-dealkylation sites (tertiary alicyclic amines) is 1. The monoisotopic (exact) mass is 378 g/mol. The number of non-ortho nitro benzene ring substituents is 1. The summed E-state index contributed by atoms with van der Waals surface area (Å²) in [6.45, 7) is 2.63. The fourth-order valence-corrected chi connectivity index (χ4v) is 3.85. The van der Waals surface area contributed by atoms with Crippen LogP contribution in [0.5, 0.6) is 0 Å². The Kier molecular flexibility index (Phi) is 5.14. The standard InChI is InChI=1S/C16H18N4O5S/c1-9(8-25-2)19-7-10(5-14(19)21)15(22)18-16-17-12-4-3-11(20(23)24)6-13(12)26-16/h3-4,6,9-10H,5,7-8H2,1-2H3,(H,17,18,22)/t9-,10-/m0/s1. The van der Waals surface area contributed by atoms with Crippen LogP contribution in [-0.2, 0) is 14.3 Å². The van der Waals surface area contributed by atoms with E-state index in [9.17, 15) is 19.7 Å². The molecule has 138 valence electrons. The second kappa shape index (κ2) is 7.34. The molecule has 0 spiro atoms. The Morgan fingerprint density at radius 3 is 3.04 bits per heavy atom. The fraction of sp³-hybridized carbons (Fsp3) is 0.438. The fourth-order valence-electron chi connectivity index (χ4n) is 2.95. The van der Waals surface area contributed by atoms with Crippen LogP contribution >= 0.6 is 11.3 Å². The van der Waals surface area contributed by atoms with Gasteiger partial charge in [0.25, 0.3) is 5.69 Å². The zero-order chi connectivity index (χ0) is 18.8. The van der Waals surface area contributed by atoms with Crippen molar-refractivity contribution in [3.05, 3.63) is 28.3 Å². The molecule has 1 saturated heterocycles. The van der Waals surface area contributed by atoms with Crippen LogP contribution < -0.4 is 5.32 Å². The number of aromatic nitrogens is 1. The van der Waals surface area contributed by atoms with Crippen LogP contribution in [0.2, 0.25) is 0 Å². The van der Waals surface area contributed by atoms with Crippen LogP contribution in [0.15, 0.2) is 18.2 Å². The van der Waals surface area contributed by atoms with Gasteiger partial charge in [0.2, 0.25) is 11.8 Å². The zero-order valence-corrected chi connectivity index (χ0v) is 15.1. The molecule has 1 aromatic carbocycles. The number of nitrogens with one attached hydrogen (secondary N) is 1. The van der Waals surface area contributed by atoms with Crippen LogP contribution in [0.4, 0.5) is 10.8 Å². The lowest BCUT2D eigenvalue weighted by Crippen LogP contribution is -2.38. The van der Waals surface area contributed by atoms with Gasteiger partial charge in [-0.2, -0.15) is 0 Å². The van der Waals surface area contributed by atoms with Crippen molar-refractivity contribution >= 4 is 44.2 Å². The third-order valence-electron chi connectivity index (χ3n) is 4.28. The van der Waals surface area contributed by atoms with E-state index in [-0.39, 0.29) is 30.0 Å². The molecule has 10 heteroatoms. The summed E-state index contributed by atoms with van der Waals surface area (Å²) in [4.78, 5) is 40.9. The van der Waals surface area contributed by atoms with Crippen molar-refractivity contribution in [1.82, 2.24) is 9.88 Å². The van der Waals surface area contributed by atoms with Crippen LogP contribution in [0.25, 0.3) is 10.2 Å². The number of thiazole rings is 1. The Balaban J connectivity index is 1.69. The Morgan fingerprint density at radius 1 is 1.58 bits per heavy atom. The zero-order valence-electron chi connectivity index (χ0n) is 14.3. The normalized spacial score (nSPS) is 18.3. The maximum atomic E-state index is 12.5. The lowest BCUT2D eigenvalue weighted by molar-refractivity contribution is -0.384. The highest BCUT2D eigenvalue weighted by molar-refractivity contribution is 7.22. The van der Waals surface area contributed by atoms with Crippen LogP contribution in [0, 0.1) is 16.0 Å². The minimum absolute atomic E-state index is 0.0248. The first kappa shape index (κ1) is 18.2. The highest BCUT2D eigenvalue weighted by atomic mass is 32.1. The van der Waals surface area contributed by atoms with E-state index in [1.807, 2.05) is 6.92 Å². The topological polar surface area (TPSA) is 115 Å². The van der Waals surface area contributed by atoms with Crippen molar-refractivity contribution in [2.45, 2.75) is 19.4 Å². The van der Waals surface area contributed by atoms with Crippen LogP contribution in [0.1, 0.15) is 13.3 Å². The maximum absolute atomic E-state index is 12.5. The van der Waals surface area contributed by atoms with E-state index in [0.29, 0.717) is 28.5 Å². The van der Waals surface area contributed by atoms with Gasteiger partial charge in [-0.1, -0.05) is 11.3 Å². The summed E-state index contributed by atoms with van der Waals surface area (Å²) in [5.74, 6) is -0.809. The smallest absolute Gasteiger partial charge is 0.270 e. The highest BCUT2D eigenvalue weighted by Crippen LogP contribution is 2.30. The van der Waals surface area contributed by atoms with Crippen LogP contribution in [-0.4, -0.2) is 52.9 Å². The van der Waals surface area contributed by atoms with Gasteiger partial charge >= 0.3 is 0 Å². The molecule has 0 radical (unpaired) electrons. The molecule has 2 aromatic rings. The van der Waals surface area contributed by atoms with Gasteiger partial charge in [-0.05, 0) is 13.0 Å². The lowest BCUT2D eigenvalue weighted by Gasteiger charge is -2.23. The Hall–Kier alpha value is -2.59. The summed E-state index contributed by atoms with van der Waals surface area (Å²) in [6, 6.07) is 4.26. The molecule has 9 nitrogen and oxygen atoms in total. The van der Waals surface area contributed by atoms with Crippen molar-refractivity contribution < 1.29 is 19.2 Å². The number of rotatable bonds is 6. The highest BCUT2D eigenvalue weighted by Gasteiger charge is 2.36. The first-order valence-corrected chi connectivity index (χ1v) is 8.85. The number of hydrogen-bond acceptors (Lipinski definition) is 7. The molecule has 26 heavy (non-hydrogen) atoms. The van der Waals surface area contributed by atoms with E-state index >= 15 is 0 Å². The summed E-state index contributed by atoms with van der Waals surface area (Å²) in [5.41, 5.74) is 0.553. The summed E-state index contributed by atoms with van der Waals surface area (Å²) in [6.07, 6.45) is 0.149. The largest absolute Gasteiger partial charge is 0.383 e. The number of nitrogens with zero attached hydrogens (tertiary/aromatic N) is 3. The molecule has 0 unspecified atom stereocenters. The summed E-state index contributed by atoms with van der Waals surface area (Å²) in [7, 11) is 1.57. The Labute approximate surface area is 153 Å². The summed E-state index contributed by atoms with van der Waals surface area (Å²) in [5, 5.41) is 13.9. The number of amides is 2. The van der Waals surface area contributed by atoms with Gasteiger partial charge < -0.3 is 15.0 Å². The summed E-state index contributed by atoms with van der Waals surface area (Å²) < 4.78 is 5.68. The van der Waals surface area contributed by atoms with Crippen LogP contribution in [0.3, 0.4) is 0 Å². The molecule has 1 aromatic heterocycles. The number of fused-ring (bicyclic) bond motifs is 1. The van der Waals surface area contributed by atoms with Crippen molar-refractivity contribution in [3.8, 4) is 0 Å². The molecule has 2 amide bonds. The van der Waals surface area contributed by atoms with Gasteiger partial charge in [0, 0.05) is 32.2 Å². The maximum Gasteiger partial charge on any atom is 0.270 e. The molecule has 2 heterocycles. The molecule has 1 aliphatic heterocycles. The van der Waals surface area contributed by atoms with Crippen molar-refractivity contribution in [1.29, 1.82) is 0 Å². The van der Waals surface area contributed by atoms with E-state index in [1.165, 1.54) is 23.5 Å². The minimum Gasteiger partial charge on any atom is -0.383 e. The number of hydrogen-bond donors (Lipinski definition) is 1.